The van der Waals surface area contributed by atoms with Gasteiger partial charge < -0.3 is 24.4 Å². The Balaban J connectivity index is 1.33. The highest BCUT2D eigenvalue weighted by atomic mass is 127. The molecule has 7 nitrogen and oxygen atoms in total. The van der Waals surface area contributed by atoms with Crippen molar-refractivity contribution in [1.29, 1.82) is 0 Å². The molecule has 1 fully saturated rings. The van der Waals surface area contributed by atoms with E-state index in [0.717, 1.165) is 35.3 Å². The third kappa shape index (κ3) is 7.72. The number of hydrogen-bond donors (Lipinski definition) is 1. The van der Waals surface area contributed by atoms with Crippen LogP contribution in [0.2, 0.25) is 0 Å². The van der Waals surface area contributed by atoms with Gasteiger partial charge in [0.25, 0.3) is 0 Å². The molecule has 0 aromatic heterocycles. The lowest BCUT2D eigenvalue weighted by atomic mass is 9.88. The van der Waals surface area contributed by atoms with Crippen LogP contribution in [0.25, 0.3) is 6.08 Å². The number of piperidine rings is 1. The summed E-state index contributed by atoms with van der Waals surface area (Å²) in [5.74, 6) is 0.514. The molecule has 0 spiro atoms. The quantitative estimate of drug-likeness (QED) is 0.176. The smallest absolute Gasteiger partial charge is 0.407 e. The zero-order valence-electron chi connectivity index (χ0n) is 22.8. The van der Waals surface area contributed by atoms with Gasteiger partial charge in [-0.2, -0.15) is 0 Å². The molecule has 2 amide bonds. The molecule has 2 atom stereocenters. The number of likely N-dealkylation sites (tertiary alicyclic amines) is 1. The third-order valence-corrected chi connectivity index (χ3v) is 7.70. The maximum Gasteiger partial charge on any atom is 0.407 e. The SMILES string of the molecule is CC(C)(C)OC(=O)NCc1cccc(C2CCN(C(=O)C=Cc3ccc4c(c3)OC(C)(C)OC4)C(I)C2)c1. The summed E-state index contributed by atoms with van der Waals surface area (Å²) >= 11 is 2.37. The van der Waals surface area contributed by atoms with Crippen molar-refractivity contribution < 1.29 is 23.8 Å². The predicted molar refractivity (Wildman–Crippen MR) is 156 cm³/mol. The van der Waals surface area contributed by atoms with Crippen LogP contribution in [0.4, 0.5) is 4.79 Å². The molecule has 2 aliphatic heterocycles. The molecule has 204 valence electrons. The van der Waals surface area contributed by atoms with Crippen molar-refractivity contribution in [1.82, 2.24) is 10.2 Å². The fourth-order valence-corrected chi connectivity index (χ4v) is 5.78. The minimum atomic E-state index is -0.655. The fourth-order valence-electron chi connectivity index (χ4n) is 4.61. The first-order valence-electron chi connectivity index (χ1n) is 13.0. The molecule has 2 aromatic carbocycles. The van der Waals surface area contributed by atoms with E-state index >= 15 is 0 Å². The van der Waals surface area contributed by atoms with Gasteiger partial charge in [0.1, 0.15) is 11.4 Å². The number of alkyl halides is 1. The molecule has 4 rings (SSSR count). The molecule has 2 heterocycles. The summed E-state index contributed by atoms with van der Waals surface area (Å²) in [5.41, 5.74) is 3.67. The Bertz CT molecular complexity index is 1200. The first-order chi connectivity index (χ1) is 17.9. The summed E-state index contributed by atoms with van der Waals surface area (Å²) in [6.07, 6.45) is 4.86. The van der Waals surface area contributed by atoms with Crippen molar-refractivity contribution in [3.05, 3.63) is 70.8 Å². The Morgan fingerprint density at radius 1 is 1.21 bits per heavy atom. The van der Waals surface area contributed by atoms with Gasteiger partial charge in [-0.15, -0.1) is 0 Å². The molecule has 0 aliphatic carbocycles. The van der Waals surface area contributed by atoms with Crippen LogP contribution in [0.1, 0.15) is 75.6 Å². The van der Waals surface area contributed by atoms with Crippen LogP contribution in [0.3, 0.4) is 0 Å². The van der Waals surface area contributed by atoms with E-state index < -0.39 is 17.5 Å². The van der Waals surface area contributed by atoms with Gasteiger partial charge >= 0.3 is 6.09 Å². The number of hydrogen-bond acceptors (Lipinski definition) is 5. The highest BCUT2D eigenvalue weighted by molar-refractivity contribution is 14.1. The second-order valence-corrected chi connectivity index (χ2v) is 12.7. The minimum Gasteiger partial charge on any atom is -0.463 e. The number of carbonyl (C=O) groups is 2. The summed E-state index contributed by atoms with van der Waals surface area (Å²) in [6.45, 7) is 10.9. The van der Waals surface area contributed by atoms with E-state index in [1.807, 2.05) is 75.9 Å². The van der Waals surface area contributed by atoms with Crippen molar-refractivity contribution in [2.24, 2.45) is 0 Å². The van der Waals surface area contributed by atoms with Gasteiger partial charge in [-0.25, -0.2) is 4.79 Å². The number of amides is 2. The summed E-state index contributed by atoms with van der Waals surface area (Å²) < 4.78 is 17.0. The average molecular weight is 633 g/mol. The van der Waals surface area contributed by atoms with E-state index in [2.05, 4.69) is 40.0 Å². The van der Waals surface area contributed by atoms with E-state index in [1.54, 1.807) is 6.08 Å². The zero-order chi connectivity index (χ0) is 27.5. The van der Waals surface area contributed by atoms with Gasteiger partial charge in [0.2, 0.25) is 11.7 Å². The van der Waals surface area contributed by atoms with E-state index in [9.17, 15) is 9.59 Å². The van der Waals surface area contributed by atoms with Gasteiger partial charge in [0.05, 0.1) is 10.7 Å². The maximum atomic E-state index is 13.0. The third-order valence-electron chi connectivity index (χ3n) is 6.52. The van der Waals surface area contributed by atoms with Crippen LogP contribution in [0.5, 0.6) is 5.75 Å². The standard InChI is InChI=1S/C30H37IN2O5/c1-29(2,3)38-28(35)32-18-21-7-6-8-22(15-21)23-13-14-33(26(31)17-23)27(34)12-10-20-9-11-24-19-36-30(4,5)37-25(24)16-20/h6-12,15-16,23,26H,13-14,17-19H2,1-5H3,(H,32,35). The highest BCUT2D eigenvalue weighted by Crippen LogP contribution is 2.35. The van der Waals surface area contributed by atoms with Crippen molar-refractivity contribution >= 4 is 40.7 Å². The molecule has 2 aliphatic rings. The maximum absolute atomic E-state index is 13.0. The van der Waals surface area contributed by atoms with Crippen molar-refractivity contribution in [3.8, 4) is 5.75 Å². The summed E-state index contributed by atoms with van der Waals surface area (Å²) in [7, 11) is 0. The monoisotopic (exact) mass is 632 g/mol. The number of rotatable bonds is 5. The zero-order valence-corrected chi connectivity index (χ0v) is 24.9. The molecule has 2 unspecified atom stereocenters. The summed E-state index contributed by atoms with van der Waals surface area (Å²) in [4.78, 5) is 27.0. The van der Waals surface area contributed by atoms with Crippen LogP contribution in [0.15, 0.2) is 48.5 Å². The number of nitrogens with zero attached hydrogens (tertiary/aromatic N) is 1. The summed E-state index contributed by atoms with van der Waals surface area (Å²) in [5, 5.41) is 2.83. The molecule has 1 N–H and O–H groups in total. The first-order valence-corrected chi connectivity index (χ1v) is 14.3. The lowest BCUT2D eigenvalue weighted by molar-refractivity contribution is -0.180. The number of halogens is 1. The molecule has 0 bridgehead atoms. The largest absolute Gasteiger partial charge is 0.463 e. The second-order valence-electron chi connectivity index (χ2n) is 11.3. The molecule has 38 heavy (non-hydrogen) atoms. The molecule has 0 radical (unpaired) electrons. The molecule has 1 saturated heterocycles. The number of carbonyl (C=O) groups excluding carboxylic acids is 2. The van der Waals surface area contributed by atoms with Crippen LogP contribution in [0, 0.1) is 0 Å². The average Bonchev–Trinajstić information content (AvgIpc) is 2.84. The van der Waals surface area contributed by atoms with E-state index in [0.29, 0.717) is 25.6 Å². The molecular formula is C30H37IN2O5. The molecular weight excluding hydrogens is 595 g/mol. The van der Waals surface area contributed by atoms with Crippen molar-refractivity contribution in [2.75, 3.05) is 6.54 Å². The topological polar surface area (TPSA) is 77.1 Å². The van der Waals surface area contributed by atoms with Crippen LogP contribution in [-0.2, 0) is 27.4 Å². The Labute approximate surface area is 239 Å². The molecule has 2 aromatic rings. The Hall–Kier alpha value is -2.59. The van der Waals surface area contributed by atoms with Gasteiger partial charge in [-0.05, 0) is 68.4 Å². The number of benzene rings is 2. The van der Waals surface area contributed by atoms with Crippen molar-refractivity contribution in [3.63, 3.8) is 0 Å². The van der Waals surface area contributed by atoms with Crippen molar-refractivity contribution in [2.45, 2.75) is 82.0 Å². The van der Waals surface area contributed by atoms with Gasteiger partial charge in [0, 0.05) is 38.6 Å². The van der Waals surface area contributed by atoms with Crippen LogP contribution < -0.4 is 10.1 Å². The Kier molecular flexibility index (Phi) is 8.72. The van der Waals surface area contributed by atoms with E-state index in [1.165, 1.54) is 5.56 Å². The highest BCUT2D eigenvalue weighted by Gasteiger charge is 2.30. The normalized spacial score (nSPS) is 20.9. The lowest BCUT2D eigenvalue weighted by Gasteiger charge is -2.36. The van der Waals surface area contributed by atoms with Crippen LogP contribution in [-0.4, -0.2) is 38.9 Å². The molecule has 8 heteroatoms. The number of fused-ring (bicyclic) bond motifs is 1. The predicted octanol–water partition coefficient (Wildman–Crippen LogP) is 6.54. The summed E-state index contributed by atoms with van der Waals surface area (Å²) in [6, 6.07) is 14.2. The first kappa shape index (κ1) is 28.4. The number of ether oxygens (including phenoxy) is 3. The second kappa shape index (κ2) is 11.7. The van der Waals surface area contributed by atoms with Gasteiger partial charge in [-0.3, -0.25) is 4.79 Å². The van der Waals surface area contributed by atoms with E-state index in [-0.39, 0.29) is 9.96 Å². The number of nitrogens with one attached hydrogen (secondary N) is 1. The molecule has 0 saturated carbocycles. The Morgan fingerprint density at radius 3 is 2.74 bits per heavy atom. The van der Waals surface area contributed by atoms with Crippen LogP contribution >= 0.6 is 22.6 Å². The number of alkyl carbamates (subject to hydrolysis) is 1. The van der Waals surface area contributed by atoms with Gasteiger partial charge in [-0.1, -0.05) is 59.0 Å². The minimum absolute atomic E-state index is 0.0143. The fraction of sp³-hybridized carbons (Fsp3) is 0.467. The lowest BCUT2D eigenvalue weighted by Crippen LogP contribution is -2.41. The Morgan fingerprint density at radius 2 is 2.00 bits per heavy atom. The van der Waals surface area contributed by atoms with Gasteiger partial charge in [0.15, 0.2) is 0 Å². The van der Waals surface area contributed by atoms with E-state index in [4.69, 9.17) is 14.2 Å².